The maximum Gasteiger partial charge on any atom is 0.434 e. The van der Waals surface area contributed by atoms with Gasteiger partial charge in [-0.1, -0.05) is 17.7 Å². The van der Waals surface area contributed by atoms with E-state index in [-0.39, 0.29) is 5.69 Å². The van der Waals surface area contributed by atoms with E-state index in [0.29, 0.717) is 12.5 Å². The van der Waals surface area contributed by atoms with Gasteiger partial charge in [-0.2, -0.15) is 18.3 Å². The first kappa shape index (κ1) is 18.4. The molecule has 140 valence electrons. The summed E-state index contributed by atoms with van der Waals surface area (Å²) >= 11 is 0. The van der Waals surface area contributed by atoms with Gasteiger partial charge in [0.2, 0.25) is 0 Å². The van der Waals surface area contributed by atoms with Crippen LogP contribution >= 0.6 is 0 Å². The molecule has 0 aliphatic carbocycles. The van der Waals surface area contributed by atoms with Crippen molar-refractivity contribution in [2.24, 2.45) is 5.92 Å². The number of carbonyl (C=O) groups is 1. The van der Waals surface area contributed by atoms with Crippen LogP contribution in [0.3, 0.4) is 0 Å². The molecule has 0 saturated carbocycles. The second-order valence-electron chi connectivity index (χ2n) is 6.56. The number of benzene rings is 1. The van der Waals surface area contributed by atoms with Gasteiger partial charge in [0, 0.05) is 6.54 Å². The normalized spacial score (nSPS) is 17.5. The predicted octanol–water partition coefficient (Wildman–Crippen LogP) is 2.93. The molecule has 3 rings (SSSR count). The SMILES string of the molecule is Cc1ccc(-n2ncc(C(=O)NCCC3CCNC3)c2C(F)(F)F)cc1. The molecule has 1 aromatic carbocycles. The highest BCUT2D eigenvalue weighted by Crippen LogP contribution is 2.33. The summed E-state index contributed by atoms with van der Waals surface area (Å²) < 4.78 is 41.5. The second-order valence-corrected chi connectivity index (χ2v) is 6.56. The van der Waals surface area contributed by atoms with Gasteiger partial charge in [-0.05, 0) is 50.9 Å². The highest BCUT2D eigenvalue weighted by molar-refractivity contribution is 5.95. The van der Waals surface area contributed by atoms with Crippen molar-refractivity contribution >= 4 is 5.91 Å². The third-order valence-electron chi connectivity index (χ3n) is 4.56. The molecule has 1 saturated heterocycles. The van der Waals surface area contributed by atoms with E-state index in [9.17, 15) is 18.0 Å². The summed E-state index contributed by atoms with van der Waals surface area (Å²) in [5.41, 5.74) is -0.322. The predicted molar refractivity (Wildman–Crippen MR) is 91.2 cm³/mol. The fraction of sp³-hybridized carbons (Fsp3) is 0.444. The Bertz CT molecular complexity index is 762. The molecule has 5 nitrogen and oxygen atoms in total. The van der Waals surface area contributed by atoms with Crippen LogP contribution in [0.4, 0.5) is 13.2 Å². The molecule has 0 spiro atoms. The number of rotatable bonds is 5. The number of nitrogens with one attached hydrogen (secondary N) is 2. The molecule has 1 unspecified atom stereocenters. The molecule has 2 heterocycles. The van der Waals surface area contributed by atoms with Gasteiger partial charge < -0.3 is 10.6 Å². The van der Waals surface area contributed by atoms with E-state index in [0.717, 1.165) is 42.4 Å². The molecule has 2 aromatic rings. The summed E-state index contributed by atoms with van der Waals surface area (Å²) in [5.74, 6) is -0.297. The number of aromatic nitrogens is 2. The summed E-state index contributed by atoms with van der Waals surface area (Å²) in [4.78, 5) is 12.3. The number of hydrogen-bond donors (Lipinski definition) is 2. The lowest BCUT2D eigenvalue weighted by atomic mass is 10.1. The fourth-order valence-corrected chi connectivity index (χ4v) is 3.12. The Morgan fingerprint density at radius 2 is 2.08 bits per heavy atom. The average Bonchev–Trinajstić information content (AvgIpc) is 3.24. The smallest absolute Gasteiger partial charge is 0.352 e. The summed E-state index contributed by atoms with van der Waals surface area (Å²) in [6, 6.07) is 6.50. The average molecular weight is 366 g/mol. The van der Waals surface area contributed by atoms with E-state index in [1.807, 2.05) is 6.92 Å². The first-order valence-corrected chi connectivity index (χ1v) is 8.57. The van der Waals surface area contributed by atoms with Crippen LogP contribution in [0.5, 0.6) is 0 Å². The molecule has 1 aromatic heterocycles. The zero-order valence-corrected chi connectivity index (χ0v) is 14.4. The van der Waals surface area contributed by atoms with Crippen LogP contribution in [0.15, 0.2) is 30.5 Å². The van der Waals surface area contributed by atoms with E-state index in [4.69, 9.17) is 0 Å². The maximum atomic E-state index is 13.6. The van der Waals surface area contributed by atoms with Gasteiger partial charge in [0.25, 0.3) is 5.91 Å². The number of carbonyl (C=O) groups excluding carboxylic acids is 1. The summed E-state index contributed by atoms with van der Waals surface area (Å²) in [6.45, 7) is 4.02. The maximum absolute atomic E-state index is 13.6. The molecule has 1 amide bonds. The minimum Gasteiger partial charge on any atom is -0.352 e. The van der Waals surface area contributed by atoms with Crippen molar-refractivity contribution in [3.05, 3.63) is 47.3 Å². The van der Waals surface area contributed by atoms with E-state index in [1.54, 1.807) is 24.3 Å². The molecule has 1 atom stereocenters. The van der Waals surface area contributed by atoms with Gasteiger partial charge >= 0.3 is 6.18 Å². The Balaban J connectivity index is 1.80. The number of hydrogen-bond acceptors (Lipinski definition) is 3. The van der Waals surface area contributed by atoms with Crippen molar-refractivity contribution in [3.8, 4) is 5.69 Å². The highest BCUT2D eigenvalue weighted by Gasteiger charge is 2.40. The molecule has 1 aliphatic heterocycles. The van der Waals surface area contributed by atoms with Crippen LogP contribution in [0.1, 0.15) is 34.5 Å². The largest absolute Gasteiger partial charge is 0.434 e. The van der Waals surface area contributed by atoms with E-state index >= 15 is 0 Å². The summed E-state index contributed by atoms with van der Waals surface area (Å²) in [5, 5.41) is 9.63. The number of alkyl halides is 3. The van der Waals surface area contributed by atoms with E-state index in [1.165, 1.54) is 0 Å². The molecular formula is C18H21F3N4O. The number of nitrogens with zero attached hydrogens (tertiary/aromatic N) is 2. The quantitative estimate of drug-likeness (QED) is 0.855. The zero-order valence-electron chi connectivity index (χ0n) is 14.4. The first-order valence-electron chi connectivity index (χ1n) is 8.57. The van der Waals surface area contributed by atoms with E-state index < -0.39 is 23.3 Å². The number of halogens is 3. The van der Waals surface area contributed by atoms with Crippen LogP contribution in [-0.2, 0) is 6.18 Å². The topological polar surface area (TPSA) is 59.0 Å². The molecule has 26 heavy (non-hydrogen) atoms. The van der Waals surface area contributed by atoms with Crippen molar-refractivity contribution in [1.29, 1.82) is 0 Å². The Morgan fingerprint density at radius 1 is 1.35 bits per heavy atom. The van der Waals surface area contributed by atoms with Crippen molar-refractivity contribution in [1.82, 2.24) is 20.4 Å². The van der Waals surface area contributed by atoms with Crippen LogP contribution < -0.4 is 10.6 Å². The third kappa shape index (κ3) is 4.07. The zero-order chi connectivity index (χ0) is 18.7. The molecule has 0 bridgehead atoms. The lowest BCUT2D eigenvalue weighted by Gasteiger charge is -2.13. The highest BCUT2D eigenvalue weighted by atomic mass is 19.4. The summed E-state index contributed by atoms with van der Waals surface area (Å²) in [7, 11) is 0. The molecule has 1 fully saturated rings. The first-order chi connectivity index (χ1) is 12.4. The Labute approximate surface area is 149 Å². The second kappa shape index (κ2) is 7.49. The van der Waals surface area contributed by atoms with Crippen molar-refractivity contribution < 1.29 is 18.0 Å². The van der Waals surface area contributed by atoms with Gasteiger partial charge in [0.15, 0.2) is 5.69 Å². The lowest BCUT2D eigenvalue weighted by molar-refractivity contribution is -0.143. The van der Waals surface area contributed by atoms with Gasteiger partial charge in [0.05, 0.1) is 17.4 Å². The summed E-state index contributed by atoms with van der Waals surface area (Å²) in [6.07, 6.45) is -1.94. The van der Waals surface area contributed by atoms with Crippen molar-refractivity contribution in [2.75, 3.05) is 19.6 Å². The standard InChI is InChI=1S/C18H21F3N4O/c1-12-2-4-14(5-3-12)25-16(18(19,20)21)15(11-24-25)17(26)23-9-7-13-6-8-22-10-13/h2-5,11,13,22H,6-10H2,1H3,(H,23,26). The van der Waals surface area contributed by atoms with Crippen LogP contribution in [0.2, 0.25) is 0 Å². The van der Waals surface area contributed by atoms with Crippen LogP contribution in [0, 0.1) is 12.8 Å². The lowest BCUT2D eigenvalue weighted by Crippen LogP contribution is -2.28. The minimum absolute atomic E-state index is 0.263. The fourth-order valence-electron chi connectivity index (χ4n) is 3.12. The Kier molecular flexibility index (Phi) is 5.31. The molecule has 0 radical (unpaired) electrons. The molecule has 2 N–H and O–H groups in total. The molecular weight excluding hydrogens is 345 g/mol. The number of amides is 1. The van der Waals surface area contributed by atoms with Gasteiger partial charge in [-0.25, -0.2) is 4.68 Å². The van der Waals surface area contributed by atoms with Gasteiger partial charge in [0.1, 0.15) is 0 Å². The monoisotopic (exact) mass is 366 g/mol. The van der Waals surface area contributed by atoms with Crippen molar-refractivity contribution in [2.45, 2.75) is 25.9 Å². The van der Waals surface area contributed by atoms with Gasteiger partial charge in [-0.3, -0.25) is 4.79 Å². The Morgan fingerprint density at radius 3 is 2.69 bits per heavy atom. The van der Waals surface area contributed by atoms with Crippen LogP contribution in [0.25, 0.3) is 5.69 Å². The minimum atomic E-state index is -4.69. The third-order valence-corrected chi connectivity index (χ3v) is 4.56. The van der Waals surface area contributed by atoms with E-state index in [2.05, 4.69) is 15.7 Å². The molecule has 8 heteroatoms. The Hall–Kier alpha value is -2.35. The molecule has 1 aliphatic rings. The van der Waals surface area contributed by atoms with Crippen LogP contribution in [-0.4, -0.2) is 35.3 Å². The van der Waals surface area contributed by atoms with Crippen molar-refractivity contribution in [3.63, 3.8) is 0 Å². The number of aryl methyl sites for hydroxylation is 1. The van der Waals surface area contributed by atoms with Gasteiger partial charge in [-0.15, -0.1) is 0 Å².